The largest absolute Gasteiger partial charge is 0.394 e. The predicted octanol–water partition coefficient (Wildman–Crippen LogP) is 9.71. The topological polar surface area (TPSA) is 276 Å². The van der Waals surface area contributed by atoms with Crippen LogP contribution in [0.15, 0.2) is 34.1 Å². The predicted molar refractivity (Wildman–Crippen MR) is 357 cm³/mol. The molecule has 2 saturated heterocycles. The zero-order valence-corrected chi connectivity index (χ0v) is 60.7. The van der Waals surface area contributed by atoms with E-state index in [1.165, 1.54) is 61.9 Å². The molecule has 5 N–H and O–H groups in total. The number of aliphatic hydroxyl groups excluding tert-OH is 2. The first-order valence-corrected chi connectivity index (χ1v) is 34.2. The number of aliphatic hydroxyl groups is 2. The zero-order chi connectivity index (χ0) is 68.7. The van der Waals surface area contributed by atoms with Gasteiger partial charge in [0.15, 0.2) is 35.0 Å². The Kier molecular flexibility index (Phi) is 42.4. The molecule has 89 heavy (non-hydrogen) atoms. The van der Waals surface area contributed by atoms with Crippen LogP contribution in [0.25, 0.3) is 0 Å². The minimum Gasteiger partial charge on any atom is -0.394 e. The van der Waals surface area contributed by atoms with Gasteiger partial charge in [-0.2, -0.15) is 9.97 Å². The first-order chi connectivity index (χ1) is 41.3. The van der Waals surface area contributed by atoms with Gasteiger partial charge in [0.05, 0.1) is 51.8 Å². The van der Waals surface area contributed by atoms with Crippen molar-refractivity contribution in [1.29, 1.82) is 0 Å². The Morgan fingerprint density at radius 2 is 1.08 bits per heavy atom. The number of anilines is 2. The molecule has 0 aromatic carbocycles. The molecule has 0 radical (unpaired) electrons. The number of hydrogen-bond donors (Lipinski definition) is 5. The summed E-state index contributed by atoms with van der Waals surface area (Å²) in [6.45, 7) is 44.8. The number of alkyl halides is 2. The normalized spacial score (nSPS) is 20.4. The molecule has 2 aliphatic heterocycles. The lowest BCUT2D eigenvalue weighted by atomic mass is 9.99. The summed E-state index contributed by atoms with van der Waals surface area (Å²) in [5.41, 5.74) is -2.18. The highest BCUT2D eigenvalue weighted by Gasteiger charge is 2.49. The second-order valence-electron chi connectivity index (χ2n) is 24.7. The minimum atomic E-state index is -1.71. The van der Waals surface area contributed by atoms with Crippen LogP contribution in [-0.2, 0) is 47.2 Å². The molecule has 29 heteroatoms. The first-order valence-electron chi connectivity index (χ1n) is 30.6. The summed E-state index contributed by atoms with van der Waals surface area (Å²) in [5.74, 6) is 0.638. The van der Waals surface area contributed by atoms with Crippen molar-refractivity contribution >= 4 is 75.1 Å². The number of halogens is 2. The van der Waals surface area contributed by atoms with Gasteiger partial charge in [-0.25, -0.2) is 23.0 Å². The second kappa shape index (κ2) is 43.8. The molecule has 2 aliphatic rings. The second-order valence-corrected chi connectivity index (χ2v) is 28.9. The van der Waals surface area contributed by atoms with Crippen molar-refractivity contribution in [2.24, 2.45) is 10.8 Å². The van der Waals surface area contributed by atoms with Crippen molar-refractivity contribution in [3.63, 3.8) is 0 Å². The SMILES string of the molecule is CC(C)(C)C(=O)SCCOCCO.CC(C)N(P)C(C)C.CC(C)NC(C)C.CC[C@H]1O[C@@H](n2ccc(NC(C)=O)nc2=O)[C@@H](F)C1O.CC[C@H]1O[C@@H](n2ccc(NC(C)=O)nc2=O)[C@@H](F)C1OP(OCCOCCSC(=O)C(C)(C)C)N(C(C)C)C(C)C. The Morgan fingerprint density at radius 1 is 0.674 bits per heavy atom. The molecular weight excluding hydrogens is 1230 g/mol. The fourth-order valence-electron chi connectivity index (χ4n) is 8.10. The van der Waals surface area contributed by atoms with E-state index in [4.69, 9.17) is 33.1 Å². The van der Waals surface area contributed by atoms with Gasteiger partial charge < -0.3 is 54.2 Å². The van der Waals surface area contributed by atoms with E-state index in [0.717, 1.165) is 9.13 Å². The van der Waals surface area contributed by atoms with E-state index in [2.05, 4.69) is 100 Å². The maximum atomic E-state index is 15.9. The van der Waals surface area contributed by atoms with E-state index in [9.17, 15) is 38.3 Å². The van der Waals surface area contributed by atoms with E-state index < -0.39 is 74.5 Å². The molecule has 2 aromatic heterocycles. The van der Waals surface area contributed by atoms with Crippen molar-refractivity contribution in [2.45, 2.75) is 251 Å². The van der Waals surface area contributed by atoms with Gasteiger partial charge in [0, 0.05) is 84.8 Å². The number of rotatable bonds is 27. The van der Waals surface area contributed by atoms with Crippen molar-refractivity contribution in [1.82, 2.24) is 33.8 Å². The van der Waals surface area contributed by atoms with Crippen LogP contribution in [0, 0.1) is 10.8 Å². The summed E-state index contributed by atoms with van der Waals surface area (Å²) in [5, 5.41) is 26.5. The molecule has 4 heterocycles. The molecule has 2 aromatic rings. The molecule has 0 spiro atoms. The third-order valence-electron chi connectivity index (χ3n) is 12.3. The third kappa shape index (κ3) is 33.6. The molecule has 23 nitrogen and oxygen atoms in total. The third-order valence-corrected chi connectivity index (χ3v) is 18.1. The fourth-order valence-corrected chi connectivity index (χ4v) is 11.5. The van der Waals surface area contributed by atoms with Gasteiger partial charge >= 0.3 is 11.4 Å². The molecule has 4 unspecified atom stereocenters. The van der Waals surface area contributed by atoms with Crippen LogP contribution in [0.2, 0.25) is 0 Å². The lowest BCUT2D eigenvalue weighted by Gasteiger charge is -2.37. The number of amides is 2. The Bertz CT molecular complexity index is 2450. The molecule has 516 valence electrons. The zero-order valence-electron chi connectivity index (χ0n) is 57.0. The van der Waals surface area contributed by atoms with E-state index in [-0.39, 0.29) is 71.0 Å². The van der Waals surface area contributed by atoms with Gasteiger partial charge in [-0.15, -0.1) is 0 Å². The molecule has 4 rings (SSSR count). The standard InChI is InChI=1S/C27H46FN4O7PS.C12H16FN3O4.C9H18O3S.C6H16NP.C6H15N/c1-10-20-23(22(28)24(38-20)31-12-11-21(29-19(6)33)30-26(31)35)39-40(32(17(2)3)18(4)5)37-14-13-36-15-16-41-25(34)27(7,8)9;1-3-7-10(18)9(13)11(20-7)16-5-4-8(14-6(2)17)15-12(16)19;1-9(2,3)8(11)13-7-6-12-5-4-10;1-5(2)7(8)6(3)4;1-5(2)7-6(3)4/h11-12,17-18,20,22-24H,10,13-16H2,1-9H3,(H,29,30,33,35);4-5,7,9-11,18H,3H2,1-2H3,(H,14,15,17,19);10H,4-7H2,1-3H3;5-6H,8H2,1-4H3;5-7H,1-4H3/t20-,22+,23?,24-,40?;7-,9+,10?,11-;;;/m11.../s1. The van der Waals surface area contributed by atoms with E-state index in [1.807, 2.05) is 76.2 Å². The van der Waals surface area contributed by atoms with Gasteiger partial charge in [0.1, 0.15) is 23.8 Å². The molecule has 0 bridgehead atoms. The van der Waals surface area contributed by atoms with E-state index in [1.54, 1.807) is 6.92 Å². The highest BCUT2D eigenvalue weighted by molar-refractivity contribution is 8.14. The molecule has 2 amide bonds. The Hall–Kier alpha value is -2.98. The smallest absolute Gasteiger partial charge is 0.351 e. The van der Waals surface area contributed by atoms with Crippen LogP contribution in [0.4, 0.5) is 20.4 Å². The summed E-state index contributed by atoms with van der Waals surface area (Å²) in [4.78, 5) is 77.5. The number of nitrogens with one attached hydrogen (secondary N) is 3. The average molecular weight is 1350 g/mol. The maximum absolute atomic E-state index is 15.9. The van der Waals surface area contributed by atoms with Gasteiger partial charge in [0.2, 0.25) is 11.8 Å². The van der Waals surface area contributed by atoms with Gasteiger partial charge in [-0.1, -0.05) is 116 Å². The lowest BCUT2D eigenvalue weighted by molar-refractivity contribution is -0.118. The number of carbonyl (C=O) groups is 4. The Balaban J connectivity index is 0.00000132. The summed E-state index contributed by atoms with van der Waals surface area (Å²) in [6.07, 6.45) is -5.84. The quantitative estimate of drug-likeness (QED) is 0.0411. The van der Waals surface area contributed by atoms with Crippen LogP contribution in [-0.4, -0.2) is 185 Å². The van der Waals surface area contributed by atoms with Crippen LogP contribution in [0.1, 0.15) is 178 Å². The summed E-state index contributed by atoms with van der Waals surface area (Å²) >= 11 is 2.54. The summed E-state index contributed by atoms with van der Waals surface area (Å²) in [6, 6.07) is 5.41. The number of ether oxygens (including phenoxy) is 4. The van der Waals surface area contributed by atoms with Crippen molar-refractivity contribution in [3.8, 4) is 0 Å². The maximum Gasteiger partial charge on any atom is 0.351 e. The number of nitrogens with zero attached hydrogens (tertiary/aromatic N) is 6. The fraction of sp³-hybridized carbons (Fsp3) is 0.800. The minimum absolute atomic E-state index is 0.0396. The molecule has 10 atom stereocenters. The van der Waals surface area contributed by atoms with Gasteiger partial charge in [0.25, 0.3) is 8.53 Å². The number of hydrogen-bond acceptors (Lipinski definition) is 21. The molecule has 0 aliphatic carbocycles. The lowest BCUT2D eigenvalue weighted by Crippen LogP contribution is -2.38. The average Bonchev–Trinajstić information content (AvgIpc) is 1.70. The van der Waals surface area contributed by atoms with Crippen molar-refractivity contribution in [3.05, 3.63) is 45.5 Å². The highest BCUT2D eigenvalue weighted by atomic mass is 32.2. The Labute approximate surface area is 541 Å². The van der Waals surface area contributed by atoms with E-state index in [0.29, 0.717) is 68.3 Å². The van der Waals surface area contributed by atoms with Crippen LogP contribution in [0.5, 0.6) is 0 Å². The Morgan fingerprint density at radius 3 is 1.39 bits per heavy atom. The molecule has 0 saturated carbocycles. The van der Waals surface area contributed by atoms with E-state index >= 15 is 4.39 Å². The van der Waals surface area contributed by atoms with Gasteiger partial charge in [-0.05, 0) is 80.4 Å². The summed E-state index contributed by atoms with van der Waals surface area (Å²) < 4.78 is 70.7. The van der Waals surface area contributed by atoms with Crippen molar-refractivity contribution < 1.29 is 66.2 Å². The van der Waals surface area contributed by atoms with Crippen LogP contribution >= 0.6 is 41.4 Å². The molecular formula is C60H111F2N9O14P2S2. The first kappa shape index (κ1) is 86.0. The highest BCUT2D eigenvalue weighted by Crippen LogP contribution is 2.50. The number of thioether (sulfide) groups is 2. The molecule has 2 fully saturated rings. The van der Waals surface area contributed by atoms with Crippen LogP contribution in [0.3, 0.4) is 0 Å². The monoisotopic (exact) mass is 1350 g/mol. The number of carbonyl (C=O) groups excluding carboxylic acids is 4. The summed E-state index contributed by atoms with van der Waals surface area (Å²) in [7, 11) is 1.01. The number of aromatic nitrogens is 4. The van der Waals surface area contributed by atoms with Crippen LogP contribution < -0.4 is 27.3 Å². The van der Waals surface area contributed by atoms with Crippen molar-refractivity contribution in [2.75, 3.05) is 61.8 Å². The van der Waals surface area contributed by atoms with Gasteiger partial charge in [-0.3, -0.25) is 33.0 Å².